The van der Waals surface area contributed by atoms with E-state index in [1.54, 1.807) is 13.1 Å². The molecule has 0 radical (unpaired) electrons. The molecule has 1 saturated carbocycles. The Morgan fingerprint density at radius 1 is 1.56 bits per heavy atom. The van der Waals surface area contributed by atoms with E-state index in [0.29, 0.717) is 25.9 Å². The average Bonchev–Trinajstić information content (AvgIpc) is 2.21. The summed E-state index contributed by atoms with van der Waals surface area (Å²) in [6, 6.07) is 0. The normalized spacial score (nSPS) is 23.3. The number of carbonyl (C=O) groups is 2. The lowest BCUT2D eigenvalue weighted by molar-refractivity contribution is -0.148. The number of hydrogen-bond acceptors (Lipinski definition) is 4. The van der Waals surface area contributed by atoms with Crippen molar-refractivity contribution in [1.29, 1.82) is 0 Å². The van der Waals surface area contributed by atoms with Crippen molar-refractivity contribution >= 4 is 11.8 Å². The van der Waals surface area contributed by atoms with Gasteiger partial charge in [-0.15, -0.1) is 0 Å². The van der Waals surface area contributed by atoms with Crippen LogP contribution in [0.15, 0.2) is 11.8 Å². The molecule has 0 aromatic carbocycles. The van der Waals surface area contributed by atoms with Crippen LogP contribution < -0.4 is 0 Å². The Morgan fingerprint density at radius 3 is 2.81 bits per heavy atom. The largest absolute Gasteiger partial charge is 0.466 e. The molecule has 0 aromatic rings. The summed E-state index contributed by atoms with van der Waals surface area (Å²) in [6.07, 6.45) is 3.37. The van der Waals surface area contributed by atoms with Crippen molar-refractivity contribution in [3.05, 3.63) is 11.8 Å². The molecule has 1 unspecified atom stereocenters. The zero-order valence-electron chi connectivity index (χ0n) is 10.2. The van der Waals surface area contributed by atoms with Crippen LogP contribution in [0.2, 0.25) is 0 Å². The number of ether oxygens (including phenoxy) is 1. The van der Waals surface area contributed by atoms with E-state index >= 15 is 0 Å². The zero-order valence-corrected chi connectivity index (χ0v) is 10.2. The first-order valence-corrected chi connectivity index (χ1v) is 5.61. The monoisotopic (exact) mass is 225 g/mol. The summed E-state index contributed by atoms with van der Waals surface area (Å²) in [5, 5.41) is 0. The first-order chi connectivity index (χ1) is 7.54. The van der Waals surface area contributed by atoms with Crippen LogP contribution in [-0.4, -0.2) is 37.4 Å². The molecule has 0 aliphatic heterocycles. The minimum atomic E-state index is -0.181. The fraction of sp³-hybridized carbons (Fsp3) is 0.667. The molecule has 0 amide bonds. The lowest BCUT2D eigenvalue weighted by Crippen LogP contribution is -2.26. The third-order valence-electron chi connectivity index (χ3n) is 2.58. The predicted molar refractivity (Wildman–Crippen MR) is 60.8 cm³/mol. The van der Waals surface area contributed by atoms with E-state index in [0.717, 1.165) is 5.57 Å². The van der Waals surface area contributed by atoms with Gasteiger partial charge in [-0.3, -0.25) is 9.59 Å². The van der Waals surface area contributed by atoms with Crippen molar-refractivity contribution in [2.75, 3.05) is 20.7 Å². The van der Waals surface area contributed by atoms with Crippen molar-refractivity contribution in [2.24, 2.45) is 5.92 Å². The number of hydrogen-bond donors (Lipinski definition) is 0. The second-order valence-corrected chi connectivity index (χ2v) is 4.23. The number of allylic oxidation sites excluding steroid dienone is 1. The van der Waals surface area contributed by atoms with E-state index in [9.17, 15) is 9.59 Å². The maximum absolute atomic E-state index is 11.6. The van der Waals surface area contributed by atoms with Gasteiger partial charge in [-0.25, -0.2) is 0 Å². The van der Waals surface area contributed by atoms with Gasteiger partial charge in [0.2, 0.25) is 0 Å². The minimum Gasteiger partial charge on any atom is -0.466 e. The summed E-state index contributed by atoms with van der Waals surface area (Å²) in [5.74, 6) is -0.183. The molecular formula is C12H19NO3. The fourth-order valence-corrected chi connectivity index (χ4v) is 1.84. The van der Waals surface area contributed by atoms with Crippen molar-refractivity contribution in [2.45, 2.75) is 26.2 Å². The topological polar surface area (TPSA) is 46.6 Å². The summed E-state index contributed by atoms with van der Waals surface area (Å²) in [7, 11) is 3.74. The highest BCUT2D eigenvalue weighted by Crippen LogP contribution is 2.27. The zero-order chi connectivity index (χ0) is 12.1. The molecule has 0 saturated heterocycles. The first-order valence-electron chi connectivity index (χ1n) is 5.61. The molecule has 90 valence electrons. The van der Waals surface area contributed by atoms with Crippen LogP contribution >= 0.6 is 0 Å². The molecule has 1 fully saturated rings. The number of rotatable bonds is 3. The molecular weight excluding hydrogens is 206 g/mol. The number of nitrogens with zero attached hydrogens (tertiary/aromatic N) is 1. The van der Waals surface area contributed by atoms with Gasteiger partial charge in [0.15, 0.2) is 5.78 Å². The Bertz CT molecular complexity index is 307. The highest BCUT2D eigenvalue weighted by atomic mass is 16.5. The quantitative estimate of drug-likeness (QED) is 0.537. The lowest BCUT2D eigenvalue weighted by atomic mass is 9.85. The second-order valence-electron chi connectivity index (χ2n) is 4.23. The highest BCUT2D eigenvalue weighted by Gasteiger charge is 2.29. The maximum Gasteiger partial charge on any atom is 0.309 e. The Balaban J connectivity index is 2.67. The van der Waals surface area contributed by atoms with E-state index in [1.807, 2.05) is 19.0 Å². The number of carbonyl (C=O) groups excluding carboxylic acids is 2. The van der Waals surface area contributed by atoms with Crippen molar-refractivity contribution < 1.29 is 14.3 Å². The Morgan fingerprint density at radius 2 is 2.25 bits per heavy atom. The Labute approximate surface area is 96.3 Å². The van der Waals surface area contributed by atoms with Crippen LogP contribution in [0.3, 0.4) is 0 Å². The lowest BCUT2D eigenvalue weighted by Gasteiger charge is -2.22. The van der Waals surface area contributed by atoms with Crippen molar-refractivity contribution in [3.63, 3.8) is 0 Å². The molecule has 1 aliphatic rings. The summed E-state index contributed by atoms with van der Waals surface area (Å²) in [4.78, 5) is 25.0. The van der Waals surface area contributed by atoms with Crippen LogP contribution in [0.1, 0.15) is 26.2 Å². The van der Waals surface area contributed by atoms with Crippen molar-refractivity contribution in [3.8, 4) is 0 Å². The maximum atomic E-state index is 11.6. The van der Waals surface area contributed by atoms with Gasteiger partial charge in [0.25, 0.3) is 0 Å². The van der Waals surface area contributed by atoms with Crippen LogP contribution in [0, 0.1) is 5.92 Å². The van der Waals surface area contributed by atoms with Gasteiger partial charge in [-0.2, -0.15) is 0 Å². The molecule has 0 bridgehead atoms. The van der Waals surface area contributed by atoms with Gasteiger partial charge in [0, 0.05) is 32.3 Å². The first kappa shape index (κ1) is 12.7. The van der Waals surface area contributed by atoms with E-state index in [2.05, 4.69) is 0 Å². The van der Waals surface area contributed by atoms with Crippen LogP contribution in [-0.2, 0) is 14.3 Å². The average molecular weight is 225 g/mol. The van der Waals surface area contributed by atoms with Gasteiger partial charge in [-0.1, -0.05) is 0 Å². The smallest absolute Gasteiger partial charge is 0.309 e. The van der Waals surface area contributed by atoms with Gasteiger partial charge in [0.05, 0.1) is 12.5 Å². The Hall–Kier alpha value is -1.32. The van der Waals surface area contributed by atoms with Crippen LogP contribution in [0.5, 0.6) is 0 Å². The molecule has 4 nitrogen and oxygen atoms in total. The van der Waals surface area contributed by atoms with E-state index in [1.165, 1.54) is 0 Å². The molecule has 1 atom stereocenters. The standard InChI is InChI=1S/C12H19NO3/c1-4-16-12(15)9-5-6-11(14)10(7-9)8-13(2)3/h8-9H,4-7H2,1-3H3/b10-8-. The predicted octanol–water partition coefficient (Wildman–Crippen LogP) is 1.36. The SMILES string of the molecule is CCOC(=O)C1CCC(=O)/C(=C\N(C)C)C1. The van der Waals surface area contributed by atoms with Crippen LogP contribution in [0.25, 0.3) is 0 Å². The number of Topliss-reactive ketones (excluding diaryl/α,β-unsaturated/α-hetero) is 1. The van der Waals surface area contributed by atoms with E-state index in [4.69, 9.17) is 4.74 Å². The molecule has 4 heteroatoms. The molecule has 16 heavy (non-hydrogen) atoms. The highest BCUT2D eigenvalue weighted by molar-refractivity contribution is 5.97. The summed E-state index contributed by atoms with van der Waals surface area (Å²) >= 11 is 0. The minimum absolute atomic E-state index is 0.147. The van der Waals surface area contributed by atoms with E-state index < -0.39 is 0 Å². The van der Waals surface area contributed by atoms with Crippen LogP contribution in [0.4, 0.5) is 0 Å². The Kier molecular flexibility index (Phi) is 4.52. The molecule has 0 spiro atoms. The number of esters is 1. The van der Waals surface area contributed by atoms with Gasteiger partial charge in [0.1, 0.15) is 0 Å². The molecule has 1 rings (SSSR count). The van der Waals surface area contributed by atoms with Gasteiger partial charge < -0.3 is 9.64 Å². The summed E-state index contributed by atoms with van der Waals surface area (Å²) in [6.45, 7) is 2.19. The second kappa shape index (κ2) is 5.68. The summed E-state index contributed by atoms with van der Waals surface area (Å²) < 4.78 is 4.98. The molecule has 1 aliphatic carbocycles. The molecule has 0 heterocycles. The fourth-order valence-electron chi connectivity index (χ4n) is 1.84. The molecule has 0 aromatic heterocycles. The third kappa shape index (κ3) is 3.36. The summed E-state index contributed by atoms with van der Waals surface area (Å²) in [5.41, 5.74) is 0.731. The van der Waals surface area contributed by atoms with E-state index in [-0.39, 0.29) is 17.7 Å². The van der Waals surface area contributed by atoms with Crippen molar-refractivity contribution in [1.82, 2.24) is 4.90 Å². The van der Waals surface area contributed by atoms with Gasteiger partial charge in [-0.05, 0) is 19.8 Å². The molecule has 0 N–H and O–H groups in total. The van der Waals surface area contributed by atoms with Gasteiger partial charge >= 0.3 is 5.97 Å². The number of ketones is 1. The third-order valence-corrected chi connectivity index (χ3v) is 2.58.